The number of nitrogens with zero attached hydrogens (tertiary/aromatic N) is 1. The lowest BCUT2D eigenvalue weighted by Gasteiger charge is -2.22. The van der Waals surface area contributed by atoms with Gasteiger partial charge in [-0.3, -0.25) is 0 Å². The number of quaternary nitrogens is 1. The molecule has 0 aliphatic carbocycles. The molecule has 0 radical (unpaired) electrons. The van der Waals surface area contributed by atoms with Crippen molar-refractivity contribution < 1.29 is 64.3 Å². The summed E-state index contributed by atoms with van der Waals surface area (Å²) in [4.78, 5) is 11.6. The van der Waals surface area contributed by atoms with E-state index < -0.39 is 0 Å². The molecule has 0 amide bonds. The van der Waals surface area contributed by atoms with Crippen molar-refractivity contribution in [3.8, 4) is 0 Å². The average Bonchev–Trinajstić information content (AvgIpc) is 2.98. The molecule has 0 spiro atoms. The Kier molecular flexibility index (Phi) is 39.1. The fourth-order valence-electron chi connectivity index (χ4n) is 3.98. The normalized spacial score (nSPS) is 11.6. The molecule has 0 unspecified atom stereocenters. The summed E-state index contributed by atoms with van der Waals surface area (Å²) >= 11 is 0. The maximum atomic E-state index is 11.6. The minimum atomic E-state index is -0.223. The molecular weight excluding hydrogens is 606 g/mol. The highest BCUT2D eigenvalue weighted by Gasteiger charge is 2.15. The van der Waals surface area contributed by atoms with E-state index in [2.05, 4.69) is 6.92 Å². The molecule has 0 bridgehead atoms. The largest absolute Gasteiger partial charge is 1.00 e. The van der Waals surface area contributed by atoms with Gasteiger partial charge in [0, 0.05) is 6.61 Å². The Bertz CT molecular complexity index is 584. The third-order valence-electron chi connectivity index (χ3n) is 6.34. The van der Waals surface area contributed by atoms with E-state index in [9.17, 15) is 4.79 Å². The molecule has 272 valence electrons. The van der Waals surface area contributed by atoms with Gasteiger partial charge < -0.3 is 59.5 Å². The van der Waals surface area contributed by atoms with Gasteiger partial charge in [-0.15, -0.1) is 0 Å². The van der Waals surface area contributed by atoms with Crippen molar-refractivity contribution in [1.82, 2.24) is 0 Å². The van der Waals surface area contributed by atoms with E-state index in [4.69, 9.17) is 42.6 Å². The van der Waals surface area contributed by atoms with Crippen LogP contribution < -0.4 is 12.4 Å². The van der Waals surface area contributed by atoms with Crippen LogP contribution in [0.15, 0.2) is 0 Å². The van der Waals surface area contributed by atoms with E-state index in [0.717, 1.165) is 13.0 Å². The van der Waals surface area contributed by atoms with E-state index in [-0.39, 0.29) is 25.0 Å². The number of hydrogen-bond acceptors (Lipinski definition) is 10. The number of carbonyl (C=O) groups is 1. The van der Waals surface area contributed by atoms with Gasteiger partial charge in [0.1, 0.15) is 6.61 Å². The molecular formula is C33H68ClNO10. The zero-order chi connectivity index (χ0) is 32.2. The Morgan fingerprint density at radius 2 is 0.667 bits per heavy atom. The van der Waals surface area contributed by atoms with Crippen LogP contribution in [0.2, 0.25) is 0 Å². The number of rotatable bonds is 37. The van der Waals surface area contributed by atoms with Crippen LogP contribution in [-0.2, 0) is 47.4 Å². The second-order valence-corrected chi connectivity index (χ2v) is 11.7. The first-order chi connectivity index (χ1) is 21.5. The maximum Gasteiger partial charge on any atom is 0.361 e. The van der Waals surface area contributed by atoms with Crippen LogP contribution >= 0.6 is 0 Å². The first-order valence-corrected chi connectivity index (χ1v) is 17.0. The lowest BCUT2D eigenvalue weighted by atomic mass is 10.1. The molecule has 0 aromatic rings. The highest BCUT2D eigenvalue weighted by atomic mass is 35.5. The van der Waals surface area contributed by atoms with Crippen molar-refractivity contribution in [1.29, 1.82) is 0 Å². The summed E-state index contributed by atoms with van der Waals surface area (Å²) in [6, 6.07) is 0. The molecule has 0 heterocycles. The summed E-state index contributed by atoms with van der Waals surface area (Å²) in [6.07, 6.45) is 13.4. The molecule has 45 heavy (non-hydrogen) atoms. The Morgan fingerprint density at radius 1 is 0.400 bits per heavy atom. The number of esters is 1. The van der Waals surface area contributed by atoms with Gasteiger partial charge in [0.2, 0.25) is 0 Å². The fourth-order valence-corrected chi connectivity index (χ4v) is 3.98. The van der Waals surface area contributed by atoms with Gasteiger partial charge in [-0.2, -0.15) is 0 Å². The predicted molar refractivity (Wildman–Crippen MR) is 172 cm³/mol. The third kappa shape index (κ3) is 43.4. The lowest BCUT2D eigenvalue weighted by molar-refractivity contribution is -0.862. The fraction of sp³-hybridized carbons (Fsp3) is 0.970. The minimum absolute atomic E-state index is 0. The van der Waals surface area contributed by atoms with E-state index in [1.807, 2.05) is 21.1 Å². The zero-order valence-corrected chi connectivity index (χ0v) is 30.0. The lowest BCUT2D eigenvalue weighted by Crippen LogP contribution is -3.00. The SMILES string of the molecule is CCCCCCCCCCCCOCCOCCOCCOCCOCCOCCOCCOCCOC(=O)C[N+](C)(C)C.[Cl-]. The molecule has 0 aliphatic rings. The van der Waals surface area contributed by atoms with Gasteiger partial charge in [-0.25, -0.2) is 4.79 Å². The number of hydrogen-bond donors (Lipinski definition) is 0. The minimum Gasteiger partial charge on any atom is -1.00 e. The van der Waals surface area contributed by atoms with Crippen molar-refractivity contribution in [3.05, 3.63) is 0 Å². The van der Waals surface area contributed by atoms with Crippen molar-refractivity contribution >= 4 is 5.97 Å². The molecule has 12 heteroatoms. The first kappa shape index (κ1) is 46.5. The van der Waals surface area contributed by atoms with Crippen LogP contribution in [0.5, 0.6) is 0 Å². The van der Waals surface area contributed by atoms with Gasteiger partial charge in [0.05, 0.1) is 120 Å². The summed E-state index contributed by atoms with van der Waals surface area (Å²) in [5, 5.41) is 0. The van der Waals surface area contributed by atoms with Crippen LogP contribution in [0.3, 0.4) is 0 Å². The quantitative estimate of drug-likeness (QED) is 0.0545. The van der Waals surface area contributed by atoms with Crippen molar-refractivity contribution in [2.45, 2.75) is 71.1 Å². The standard InChI is InChI=1S/C33H68NO10.ClH/c1-5-6-7-8-9-10-11-12-13-14-15-36-16-17-37-18-19-38-20-21-39-22-23-40-24-25-41-26-27-42-28-29-43-30-31-44-33(35)32-34(2,3)4;/h5-32H2,1-4H3;1H/q+1;/p-1. The monoisotopic (exact) mass is 673 g/mol. The molecule has 0 fully saturated rings. The molecule has 0 saturated heterocycles. The summed E-state index contributed by atoms with van der Waals surface area (Å²) in [5.74, 6) is -0.223. The molecule has 0 aliphatic heterocycles. The highest BCUT2D eigenvalue weighted by Crippen LogP contribution is 2.10. The molecule has 0 saturated carbocycles. The number of likely N-dealkylation sites (N-methyl/N-ethyl adjacent to an activating group) is 1. The van der Waals surface area contributed by atoms with E-state index in [1.54, 1.807) is 0 Å². The predicted octanol–water partition coefficient (Wildman–Crippen LogP) is 1.29. The molecule has 0 N–H and O–H groups in total. The van der Waals surface area contributed by atoms with E-state index in [0.29, 0.717) is 110 Å². The van der Waals surface area contributed by atoms with Gasteiger partial charge in [0.25, 0.3) is 0 Å². The second-order valence-electron chi connectivity index (χ2n) is 11.7. The van der Waals surface area contributed by atoms with Gasteiger partial charge in [-0.1, -0.05) is 64.7 Å². The smallest absolute Gasteiger partial charge is 0.361 e. The van der Waals surface area contributed by atoms with Gasteiger partial charge >= 0.3 is 5.97 Å². The van der Waals surface area contributed by atoms with Crippen molar-refractivity contribution in [2.24, 2.45) is 0 Å². The molecule has 0 aromatic heterocycles. The van der Waals surface area contributed by atoms with E-state index >= 15 is 0 Å². The highest BCUT2D eigenvalue weighted by molar-refractivity contribution is 5.70. The molecule has 0 aromatic carbocycles. The number of carbonyl (C=O) groups excluding carboxylic acids is 1. The Labute approximate surface area is 281 Å². The second kappa shape index (κ2) is 37.9. The molecule has 0 atom stereocenters. The molecule has 0 rings (SSSR count). The van der Waals surface area contributed by atoms with Crippen LogP contribution in [0.25, 0.3) is 0 Å². The number of unbranched alkanes of at least 4 members (excludes halogenated alkanes) is 9. The van der Waals surface area contributed by atoms with Crippen LogP contribution in [-0.4, -0.2) is 150 Å². The summed E-state index contributed by atoms with van der Waals surface area (Å²) in [7, 11) is 5.82. The summed E-state index contributed by atoms with van der Waals surface area (Å²) < 4.78 is 49.6. The maximum absolute atomic E-state index is 11.6. The van der Waals surface area contributed by atoms with Crippen molar-refractivity contribution in [2.75, 3.05) is 140 Å². The Morgan fingerprint density at radius 3 is 0.978 bits per heavy atom. The number of ether oxygens (including phenoxy) is 9. The van der Waals surface area contributed by atoms with Crippen LogP contribution in [0, 0.1) is 0 Å². The van der Waals surface area contributed by atoms with Crippen molar-refractivity contribution in [3.63, 3.8) is 0 Å². The Balaban J connectivity index is 0. The Hall–Kier alpha value is -0.600. The third-order valence-corrected chi connectivity index (χ3v) is 6.34. The first-order valence-electron chi connectivity index (χ1n) is 17.0. The zero-order valence-electron chi connectivity index (χ0n) is 29.2. The summed E-state index contributed by atoms with van der Waals surface area (Å²) in [5.41, 5.74) is 0. The topological polar surface area (TPSA) is 100 Å². The average molecular weight is 674 g/mol. The number of halogens is 1. The van der Waals surface area contributed by atoms with E-state index in [1.165, 1.54) is 57.8 Å². The molecule has 11 nitrogen and oxygen atoms in total. The van der Waals surface area contributed by atoms with Gasteiger partial charge in [0.15, 0.2) is 6.54 Å². The summed E-state index contributed by atoms with van der Waals surface area (Å²) in [6.45, 7) is 11.5. The van der Waals surface area contributed by atoms with Crippen LogP contribution in [0.4, 0.5) is 0 Å². The van der Waals surface area contributed by atoms with Gasteiger partial charge in [-0.05, 0) is 6.42 Å². The van der Waals surface area contributed by atoms with Crippen LogP contribution in [0.1, 0.15) is 71.1 Å².